The Morgan fingerprint density at radius 2 is 2.17 bits per heavy atom. The van der Waals surface area contributed by atoms with Gasteiger partial charge in [-0.3, -0.25) is 4.18 Å². The SMILES string of the molecule is CS(=O)(=O)OCC1CCC(O)C1. The first kappa shape index (κ1) is 9.95. The van der Waals surface area contributed by atoms with Gasteiger partial charge in [0.2, 0.25) is 0 Å². The van der Waals surface area contributed by atoms with E-state index in [0.717, 1.165) is 19.1 Å². The maximum Gasteiger partial charge on any atom is 0.264 e. The van der Waals surface area contributed by atoms with Crippen molar-refractivity contribution in [2.45, 2.75) is 25.4 Å². The number of aliphatic hydroxyl groups is 1. The lowest BCUT2D eigenvalue weighted by Crippen LogP contribution is -2.11. The molecule has 72 valence electrons. The zero-order valence-corrected chi connectivity index (χ0v) is 7.88. The Kier molecular flexibility index (Phi) is 3.09. The molecule has 1 saturated carbocycles. The van der Waals surface area contributed by atoms with Crippen LogP contribution in [0, 0.1) is 5.92 Å². The van der Waals surface area contributed by atoms with Crippen LogP contribution >= 0.6 is 0 Å². The van der Waals surface area contributed by atoms with Crippen LogP contribution in [0.1, 0.15) is 19.3 Å². The maximum absolute atomic E-state index is 10.6. The lowest BCUT2D eigenvalue weighted by atomic mass is 10.1. The van der Waals surface area contributed by atoms with Crippen molar-refractivity contribution in [2.75, 3.05) is 12.9 Å². The highest BCUT2D eigenvalue weighted by molar-refractivity contribution is 7.85. The molecule has 0 spiro atoms. The number of rotatable bonds is 3. The average molecular weight is 194 g/mol. The zero-order chi connectivity index (χ0) is 9.19. The molecule has 0 heterocycles. The molecular formula is C7H14O4S. The van der Waals surface area contributed by atoms with E-state index in [-0.39, 0.29) is 18.6 Å². The summed E-state index contributed by atoms with van der Waals surface area (Å²) >= 11 is 0. The smallest absolute Gasteiger partial charge is 0.264 e. The summed E-state index contributed by atoms with van der Waals surface area (Å²) in [5, 5.41) is 9.12. The molecular weight excluding hydrogens is 180 g/mol. The normalized spacial score (nSPS) is 30.8. The van der Waals surface area contributed by atoms with Crippen molar-refractivity contribution in [3.05, 3.63) is 0 Å². The quantitative estimate of drug-likeness (QED) is 0.648. The summed E-state index contributed by atoms with van der Waals surface area (Å²) in [6, 6.07) is 0. The number of aliphatic hydroxyl groups excluding tert-OH is 1. The van der Waals surface area contributed by atoms with Crippen LogP contribution < -0.4 is 0 Å². The number of hydrogen-bond acceptors (Lipinski definition) is 4. The lowest BCUT2D eigenvalue weighted by Gasteiger charge is -2.07. The highest BCUT2D eigenvalue weighted by Gasteiger charge is 2.23. The van der Waals surface area contributed by atoms with Crippen LogP contribution in [0.5, 0.6) is 0 Å². The fourth-order valence-corrected chi connectivity index (χ4v) is 1.86. The van der Waals surface area contributed by atoms with Crippen LogP contribution in [0.15, 0.2) is 0 Å². The zero-order valence-electron chi connectivity index (χ0n) is 7.06. The summed E-state index contributed by atoms with van der Waals surface area (Å²) in [5.74, 6) is 0.203. The third kappa shape index (κ3) is 3.51. The van der Waals surface area contributed by atoms with Crippen molar-refractivity contribution in [3.63, 3.8) is 0 Å². The fraction of sp³-hybridized carbons (Fsp3) is 1.00. The molecule has 0 aromatic rings. The molecule has 12 heavy (non-hydrogen) atoms. The van der Waals surface area contributed by atoms with Crippen LogP contribution in [-0.2, 0) is 14.3 Å². The second-order valence-electron chi connectivity index (χ2n) is 3.32. The largest absolute Gasteiger partial charge is 0.393 e. The Hall–Kier alpha value is -0.130. The highest BCUT2D eigenvalue weighted by Crippen LogP contribution is 2.25. The number of hydrogen-bond donors (Lipinski definition) is 1. The van der Waals surface area contributed by atoms with Crippen molar-refractivity contribution in [2.24, 2.45) is 5.92 Å². The topological polar surface area (TPSA) is 63.6 Å². The summed E-state index contributed by atoms with van der Waals surface area (Å²) in [7, 11) is -3.31. The van der Waals surface area contributed by atoms with Gasteiger partial charge in [-0.1, -0.05) is 0 Å². The minimum atomic E-state index is -3.31. The van der Waals surface area contributed by atoms with Gasteiger partial charge in [-0.25, -0.2) is 0 Å². The van der Waals surface area contributed by atoms with Gasteiger partial charge in [-0.15, -0.1) is 0 Å². The minimum absolute atomic E-state index is 0.203. The van der Waals surface area contributed by atoms with Crippen molar-refractivity contribution in [1.82, 2.24) is 0 Å². The molecule has 0 saturated heterocycles. The average Bonchev–Trinajstić information content (AvgIpc) is 2.30. The molecule has 2 unspecified atom stereocenters. The molecule has 1 fully saturated rings. The van der Waals surface area contributed by atoms with E-state index >= 15 is 0 Å². The Morgan fingerprint density at radius 1 is 1.50 bits per heavy atom. The molecule has 0 bridgehead atoms. The molecule has 1 aliphatic rings. The van der Waals surface area contributed by atoms with E-state index in [9.17, 15) is 8.42 Å². The molecule has 0 aliphatic heterocycles. The van der Waals surface area contributed by atoms with Gasteiger partial charge in [-0.2, -0.15) is 8.42 Å². The van der Waals surface area contributed by atoms with Crippen LogP contribution in [-0.4, -0.2) is 32.5 Å². The van der Waals surface area contributed by atoms with Gasteiger partial charge in [0.15, 0.2) is 0 Å². The summed E-state index contributed by atoms with van der Waals surface area (Å²) in [6.07, 6.45) is 3.06. The van der Waals surface area contributed by atoms with Crippen molar-refractivity contribution in [3.8, 4) is 0 Å². The van der Waals surface area contributed by atoms with Gasteiger partial charge in [-0.05, 0) is 25.2 Å². The van der Waals surface area contributed by atoms with E-state index in [1.165, 1.54) is 0 Å². The molecule has 4 nitrogen and oxygen atoms in total. The first-order valence-corrected chi connectivity index (χ1v) is 5.81. The molecule has 1 aliphatic carbocycles. The van der Waals surface area contributed by atoms with Gasteiger partial charge in [0.25, 0.3) is 10.1 Å². The summed E-state index contributed by atoms with van der Waals surface area (Å²) in [5.41, 5.74) is 0. The molecule has 0 amide bonds. The molecule has 0 aromatic carbocycles. The third-order valence-electron chi connectivity index (χ3n) is 2.03. The van der Waals surface area contributed by atoms with E-state index in [0.29, 0.717) is 6.42 Å². The predicted octanol–water partition coefficient (Wildman–Crippen LogP) is 0.124. The minimum Gasteiger partial charge on any atom is -0.393 e. The molecule has 2 atom stereocenters. The molecule has 5 heteroatoms. The Balaban J connectivity index is 2.25. The lowest BCUT2D eigenvalue weighted by molar-refractivity contribution is 0.168. The summed E-state index contributed by atoms with van der Waals surface area (Å²) < 4.78 is 25.8. The first-order valence-electron chi connectivity index (χ1n) is 4.00. The van der Waals surface area contributed by atoms with Crippen LogP contribution in [0.3, 0.4) is 0 Å². The highest BCUT2D eigenvalue weighted by atomic mass is 32.2. The van der Waals surface area contributed by atoms with E-state index in [1.807, 2.05) is 0 Å². The molecule has 1 N–H and O–H groups in total. The van der Waals surface area contributed by atoms with Gasteiger partial charge < -0.3 is 5.11 Å². The standard InChI is InChI=1S/C7H14O4S/c1-12(9,10)11-5-6-2-3-7(8)4-6/h6-8H,2-5H2,1H3. The Morgan fingerprint density at radius 3 is 2.58 bits per heavy atom. The third-order valence-corrected chi connectivity index (χ3v) is 2.60. The summed E-state index contributed by atoms with van der Waals surface area (Å²) in [4.78, 5) is 0. The predicted molar refractivity (Wildman–Crippen MR) is 44.1 cm³/mol. The van der Waals surface area contributed by atoms with E-state index in [4.69, 9.17) is 5.11 Å². The van der Waals surface area contributed by atoms with Gasteiger partial charge in [0.05, 0.1) is 19.0 Å². The van der Waals surface area contributed by atoms with E-state index in [2.05, 4.69) is 4.18 Å². The molecule has 0 radical (unpaired) electrons. The second-order valence-corrected chi connectivity index (χ2v) is 4.97. The van der Waals surface area contributed by atoms with E-state index < -0.39 is 10.1 Å². The van der Waals surface area contributed by atoms with E-state index in [1.54, 1.807) is 0 Å². The van der Waals surface area contributed by atoms with Crippen molar-refractivity contribution >= 4 is 10.1 Å². The molecule has 1 rings (SSSR count). The Bertz CT molecular complexity index is 234. The Labute approximate surface area is 72.7 Å². The van der Waals surface area contributed by atoms with Crippen LogP contribution in [0.2, 0.25) is 0 Å². The van der Waals surface area contributed by atoms with Gasteiger partial charge >= 0.3 is 0 Å². The van der Waals surface area contributed by atoms with Crippen molar-refractivity contribution < 1.29 is 17.7 Å². The summed E-state index contributed by atoms with van der Waals surface area (Å²) in [6.45, 7) is 0.218. The fourth-order valence-electron chi connectivity index (χ4n) is 1.42. The van der Waals surface area contributed by atoms with Gasteiger partial charge in [0, 0.05) is 0 Å². The monoisotopic (exact) mass is 194 g/mol. The van der Waals surface area contributed by atoms with Crippen LogP contribution in [0.25, 0.3) is 0 Å². The van der Waals surface area contributed by atoms with Crippen LogP contribution in [0.4, 0.5) is 0 Å². The molecule has 0 aromatic heterocycles. The maximum atomic E-state index is 10.6. The van der Waals surface area contributed by atoms with Gasteiger partial charge in [0.1, 0.15) is 0 Å². The first-order chi connectivity index (χ1) is 5.47. The second kappa shape index (κ2) is 3.72. The van der Waals surface area contributed by atoms with Crippen molar-refractivity contribution in [1.29, 1.82) is 0 Å².